The van der Waals surface area contributed by atoms with Crippen molar-refractivity contribution in [1.82, 2.24) is 15.5 Å². The van der Waals surface area contributed by atoms with Crippen LogP contribution in [-0.2, 0) is 15.1 Å². The van der Waals surface area contributed by atoms with Gasteiger partial charge in [0.15, 0.2) is 17.0 Å². The molecule has 2 atom stereocenters. The van der Waals surface area contributed by atoms with Gasteiger partial charge < -0.3 is 20.1 Å². The number of carbonyl (C=O) groups is 3. The first kappa shape index (κ1) is 23.4. The van der Waals surface area contributed by atoms with E-state index in [9.17, 15) is 14.4 Å². The van der Waals surface area contributed by atoms with Crippen molar-refractivity contribution in [3.8, 4) is 11.5 Å². The van der Waals surface area contributed by atoms with Crippen LogP contribution < -0.4 is 20.1 Å². The second-order valence-corrected chi connectivity index (χ2v) is 9.14. The molecular formula is C28H27N3O5. The summed E-state index contributed by atoms with van der Waals surface area (Å²) in [6.07, 6.45) is 0. The summed E-state index contributed by atoms with van der Waals surface area (Å²) in [6.45, 7) is 5.53. The Morgan fingerprint density at radius 3 is 2.47 bits per heavy atom. The molecule has 2 aliphatic rings. The van der Waals surface area contributed by atoms with Gasteiger partial charge in [-0.25, -0.2) is 4.79 Å². The molecule has 8 heteroatoms. The molecule has 0 saturated carbocycles. The molecule has 0 radical (unpaired) electrons. The fourth-order valence-electron chi connectivity index (χ4n) is 4.64. The average molecular weight is 486 g/mol. The lowest BCUT2D eigenvalue weighted by molar-refractivity contribution is -0.134. The van der Waals surface area contributed by atoms with Crippen LogP contribution >= 0.6 is 0 Å². The van der Waals surface area contributed by atoms with Crippen LogP contribution in [0, 0.1) is 13.8 Å². The van der Waals surface area contributed by atoms with Gasteiger partial charge >= 0.3 is 6.03 Å². The standard InChI is InChI=1S/C28H27N3O5/c1-17-9-11-22(13-18(17)2)28(21-7-5-4-6-8-21)26(33)31(27(34)30-28)15-25(32)29-19(3)20-10-12-23-24(14-20)36-16-35-23/h4-14,19H,15-16H2,1-3H3,(H,29,32)(H,30,34). The van der Waals surface area contributed by atoms with Crippen molar-refractivity contribution in [2.75, 3.05) is 13.3 Å². The van der Waals surface area contributed by atoms with Crippen LogP contribution in [-0.4, -0.2) is 36.1 Å². The van der Waals surface area contributed by atoms with Crippen LogP contribution in [0.15, 0.2) is 66.7 Å². The maximum atomic E-state index is 13.9. The summed E-state index contributed by atoms with van der Waals surface area (Å²) in [5, 5.41) is 5.76. The van der Waals surface area contributed by atoms with E-state index in [0.717, 1.165) is 21.6 Å². The lowest BCUT2D eigenvalue weighted by Gasteiger charge is -2.28. The van der Waals surface area contributed by atoms with Crippen LogP contribution in [0.2, 0.25) is 0 Å². The van der Waals surface area contributed by atoms with E-state index in [1.165, 1.54) is 0 Å². The summed E-state index contributed by atoms with van der Waals surface area (Å²) in [7, 11) is 0. The van der Waals surface area contributed by atoms with E-state index in [2.05, 4.69) is 10.6 Å². The van der Waals surface area contributed by atoms with Gasteiger partial charge in [-0.3, -0.25) is 14.5 Å². The highest BCUT2D eigenvalue weighted by Gasteiger charge is 2.54. The molecule has 2 heterocycles. The molecular weight excluding hydrogens is 458 g/mol. The van der Waals surface area contributed by atoms with E-state index in [0.29, 0.717) is 22.6 Å². The first-order chi connectivity index (χ1) is 17.3. The summed E-state index contributed by atoms with van der Waals surface area (Å²) >= 11 is 0. The van der Waals surface area contributed by atoms with Crippen molar-refractivity contribution in [3.63, 3.8) is 0 Å². The maximum Gasteiger partial charge on any atom is 0.326 e. The third-order valence-corrected chi connectivity index (χ3v) is 6.83. The third kappa shape index (κ3) is 3.94. The zero-order chi connectivity index (χ0) is 25.4. The smallest absolute Gasteiger partial charge is 0.326 e. The average Bonchev–Trinajstić information content (AvgIpc) is 3.44. The van der Waals surface area contributed by atoms with Gasteiger partial charge in [0.25, 0.3) is 5.91 Å². The van der Waals surface area contributed by atoms with Crippen LogP contribution in [0.4, 0.5) is 4.79 Å². The van der Waals surface area contributed by atoms with Crippen molar-refractivity contribution in [3.05, 3.63) is 94.5 Å². The van der Waals surface area contributed by atoms with Gasteiger partial charge in [-0.15, -0.1) is 0 Å². The van der Waals surface area contributed by atoms with Crippen molar-refractivity contribution in [1.29, 1.82) is 0 Å². The highest BCUT2D eigenvalue weighted by molar-refractivity contribution is 6.11. The Kier molecular flexibility index (Phi) is 5.88. The predicted molar refractivity (Wildman–Crippen MR) is 133 cm³/mol. The molecule has 4 amide bonds. The van der Waals surface area contributed by atoms with Gasteiger partial charge in [0, 0.05) is 0 Å². The number of aryl methyl sites for hydroxylation is 2. The maximum absolute atomic E-state index is 13.9. The highest BCUT2D eigenvalue weighted by Crippen LogP contribution is 2.37. The molecule has 3 aromatic carbocycles. The number of nitrogens with one attached hydrogen (secondary N) is 2. The quantitative estimate of drug-likeness (QED) is 0.519. The topological polar surface area (TPSA) is 97.0 Å². The number of ether oxygens (including phenoxy) is 2. The normalized spacial score (nSPS) is 19.2. The second-order valence-electron chi connectivity index (χ2n) is 9.14. The van der Waals surface area contributed by atoms with Crippen LogP contribution in [0.3, 0.4) is 0 Å². The Morgan fingerprint density at radius 1 is 0.972 bits per heavy atom. The summed E-state index contributed by atoms with van der Waals surface area (Å²) < 4.78 is 10.7. The molecule has 2 unspecified atom stereocenters. The molecule has 0 bridgehead atoms. The number of urea groups is 1. The molecule has 184 valence electrons. The summed E-state index contributed by atoms with van der Waals surface area (Å²) in [5.41, 5.74) is 2.75. The Bertz CT molecular complexity index is 1360. The minimum Gasteiger partial charge on any atom is -0.454 e. The molecule has 8 nitrogen and oxygen atoms in total. The monoisotopic (exact) mass is 485 g/mol. The van der Waals surface area contributed by atoms with E-state index in [1.807, 2.05) is 63.2 Å². The number of hydrogen-bond donors (Lipinski definition) is 2. The van der Waals surface area contributed by atoms with Crippen LogP contribution in [0.5, 0.6) is 11.5 Å². The summed E-state index contributed by atoms with van der Waals surface area (Å²) in [5.74, 6) is 0.324. The van der Waals surface area contributed by atoms with Crippen molar-refractivity contribution in [2.24, 2.45) is 0 Å². The van der Waals surface area contributed by atoms with Crippen LogP contribution in [0.25, 0.3) is 0 Å². The van der Waals surface area contributed by atoms with Crippen molar-refractivity contribution < 1.29 is 23.9 Å². The SMILES string of the molecule is Cc1ccc(C2(c3ccccc3)NC(=O)N(CC(=O)NC(C)c3ccc4c(c3)OCO4)C2=O)cc1C. The molecule has 5 rings (SSSR count). The Hall–Kier alpha value is -4.33. The molecule has 1 fully saturated rings. The fourth-order valence-corrected chi connectivity index (χ4v) is 4.64. The molecule has 1 saturated heterocycles. The minimum absolute atomic E-state index is 0.162. The van der Waals surface area contributed by atoms with Gasteiger partial charge in [-0.2, -0.15) is 0 Å². The van der Waals surface area contributed by atoms with E-state index >= 15 is 0 Å². The number of benzene rings is 3. The number of fused-ring (bicyclic) bond motifs is 1. The molecule has 0 aromatic heterocycles. The van der Waals surface area contributed by atoms with E-state index in [1.54, 1.807) is 24.3 Å². The second kappa shape index (κ2) is 9.03. The number of hydrogen-bond acceptors (Lipinski definition) is 5. The largest absolute Gasteiger partial charge is 0.454 e. The number of carbonyl (C=O) groups excluding carboxylic acids is 3. The zero-order valence-corrected chi connectivity index (χ0v) is 20.3. The third-order valence-electron chi connectivity index (χ3n) is 6.83. The highest BCUT2D eigenvalue weighted by atomic mass is 16.7. The molecule has 0 spiro atoms. The Labute approximate surface area is 209 Å². The van der Waals surface area contributed by atoms with E-state index in [4.69, 9.17) is 9.47 Å². The molecule has 3 aromatic rings. The summed E-state index contributed by atoms with van der Waals surface area (Å²) in [4.78, 5) is 40.9. The zero-order valence-electron chi connectivity index (χ0n) is 20.3. The van der Waals surface area contributed by atoms with Gasteiger partial charge in [0.2, 0.25) is 12.7 Å². The molecule has 36 heavy (non-hydrogen) atoms. The number of amides is 4. The lowest BCUT2D eigenvalue weighted by Crippen LogP contribution is -2.46. The number of imide groups is 1. The lowest BCUT2D eigenvalue weighted by atomic mass is 9.81. The van der Waals surface area contributed by atoms with Crippen LogP contribution in [0.1, 0.15) is 40.8 Å². The summed E-state index contributed by atoms with van der Waals surface area (Å²) in [6, 6.07) is 19.2. The Morgan fingerprint density at radius 2 is 1.72 bits per heavy atom. The Balaban J connectivity index is 1.40. The van der Waals surface area contributed by atoms with Gasteiger partial charge in [0.1, 0.15) is 6.54 Å². The first-order valence-electron chi connectivity index (χ1n) is 11.8. The van der Waals surface area contributed by atoms with Crippen molar-refractivity contribution in [2.45, 2.75) is 32.4 Å². The predicted octanol–water partition coefficient (Wildman–Crippen LogP) is 3.70. The van der Waals surface area contributed by atoms with Gasteiger partial charge in [-0.05, 0) is 60.7 Å². The minimum atomic E-state index is -1.42. The number of rotatable bonds is 6. The van der Waals surface area contributed by atoms with Gasteiger partial charge in [0.05, 0.1) is 6.04 Å². The van der Waals surface area contributed by atoms with E-state index in [-0.39, 0.29) is 12.8 Å². The van der Waals surface area contributed by atoms with Gasteiger partial charge in [-0.1, -0.05) is 54.6 Å². The first-order valence-corrected chi connectivity index (χ1v) is 11.8. The molecule has 2 aliphatic heterocycles. The molecule has 2 N–H and O–H groups in total. The number of nitrogens with zero attached hydrogens (tertiary/aromatic N) is 1. The molecule has 0 aliphatic carbocycles. The van der Waals surface area contributed by atoms with Crippen molar-refractivity contribution >= 4 is 17.8 Å². The van der Waals surface area contributed by atoms with E-state index < -0.39 is 29.9 Å². The fraction of sp³-hybridized carbons (Fsp3) is 0.250.